The first-order chi connectivity index (χ1) is 10.3. The van der Waals surface area contributed by atoms with Gasteiger partial charge in [0.05, 0.1) is 5.69 Å². The Morgan fingerprint density at radius 1 is 0.905 bits per heavy atom. The van der Waals surface area contributed by atoms with E-state index in [1.165, 1.54) is 16.8 Å². The molecule has 0 aliphatic carbocycles. The van der Waals surface area contributed by atoms with Gasteiger partial charge in [0.15, 0.2) is 0 Å². The highest BCUT2D eigenvalue weighted by atomic mass is 16.1. The smallest absolute Gasteiger partial charge is 0.240 e. The highest BCUT2D eigenvalue weighted by Gasteiger charge is 2.02. The van der Waals surface area contributed by atoms with Crippen molar-refractivity contribution >= 4 is 17.5 Å². The van der Waals surface area contributed by atoms with E-state index in [-0.39, 0.29) is 0 Å². The number of carbonyl (C=O) groups excluding carboxylic acids is 1. The summed E-state index contributed by atoms with van der Waals surface area (Å²) in [5, 5.41) is 0. The van der Waals surface area contributed by atoms with E-state index in [4.69, 9.17) is 0 Å². The van der Waals surface area contributed by atoms with Gasteiger partial charge in [0, 0.05) is 18.8 Å². The van der Waals surface area contributed by atoms with Crippen molar-refractivity contribution in [1.29, 1.82) is 0 Å². The van der Waals surface area contributed by atoms with E-state index in [2.05, 4.69) is 48.0 Å². The van der Waals surface area contributed by atoms with E-state index in [0.717, 1.165) is 19.5 Å². The van der Waals surface area contributed by atoms with Gasteiger partial charge in [-0.3, -0.25) is 0 Å². The van der Waals surface area contributed by atoms with Gasteiger partial charge >= 0.3 is 0 Å². The molecule has 0 heterocycles. The summed E-state index contributed by atoms with van der Waals surface area (Å²) in [6.45, 7) is 6.38. The normalized spacial score (nSPS) is 10.0. The number of aliphatic imine (C=N–C) groups is 1. The number of anilines is 1. The summed E-state index contributed by atoms with van der Waals surface area (Å²) in [5.41, 5.74) is 4.39. The topological polar surface area (TPSA) is 32.7 Å². The zero-order chi connectivity index (χ0) is 15.1. The lowest BCUT2D eigenvalue weighted by molar-refractivity contribution is 0.565. The molecule has 2 aromatic rings. The highest BCUT2D eigenvalue weighted by Crippen LogP contribution is 2.18. The van der Waals surface area contributed by atoms with E-state index in [0.29, 0.717) is 5.69 Å². The number of rotatable bonds is 6. The molecule has 2 rings (SSSR count). The fraction of sp³-hybridized carbons (Fsp3) is 0.278. The van der Waals surface area contributed by atoms with Crippen molar-refractivity contribution in [3.05, 3.63) is 59.7 Å². The van der Waals surface area contributed by atoms with Crippen molar-refractivity contribution in [1.82, 2.24) is 0 Å². The fourth-order valence-corrected chi connectivity index (χ4v) is 2.39. The quantitative estimate of drug-likeness (QED) is 0.589. The maximum Gasteiger partial charge on any atom is 0.240 e. The van der Waals surface area contributed by atoms with Crippen LogP contribution in [0.4, 0.5) is 11.4 Å². The summed E-state index contributed by atoms with van der Waals surface area (Å²) in [5.74, 6) is 0. The van der Waals surface area contributed by atoms with Crippen molar-refractivity contribution in [2.75, 3.05) is 18.0 Å². The Hall–Kier alpha value is -2.38. The first-order valence-corrected chi connectivity index (χ1v) is 7.27. The molecule has 0 bridgehead atoms. The van der Waals surface area contributed by atoms with E-state index >= 15 is 0 Å². The highest BCUT2D eigenvalue weighted by molar-refractivity contribution is 5.50. The van der Waals surface area contributed by atoms with Gasteiger partial charge in [-0.2, -0.15) is 4.99 Å². The molecule has 0 aliphatic rings. The van der Waals surface area contributed by atoms with Gasteiger partial charge in [0.2, 0.25) is 6.08 Å². The average molecular weight is 280 g/mol. The summed E-state index contributed by atoms with van der Waals surface area (Å²) < 4.78 is 0. The Morgan fingerprint density at radius 3 is 1.90 bits per heavy atom. The number of benzene rings is 2. The summed E-state index contributed by atoms with van der Waals surface area (Å²) in [7, 11) is 0. The molecule has 0 amide bonds. The van der Waals surface area contributed by atoms with Crippen molar-refractivity contribution in [2.24, 2.45) is 4.99 Å². The Bertz CT molecular complexity index is 607. The Labute approximate surface area is 125 Å². The molecular formula is C18H20N2O. The van der Waals surface area contributed by atoms with Crippen LogP contribution < -0.4 is 4.90 Å². The van der Waals surface area contributed by atoms with Gasteiger partial charge in [-0.05, 0) is 55.7 Å². The van der Waals surface area contributed by atoms with E-state index in [1.807, 2.05) is 24.3 Å². The maximum atomic E-state index is 10.2. The molecular weight excluding hydrogens is 260 g/mol. The van der Waals surface area contributed by atoms with Crippen LogP contribution in [-0.4, -0.2) is 19.2 Å². The van der Waals surface area contributed by atoms with Crippen LogP contribution in [0, 0.1) is 0 Å². The van der Waals surface area contributed by atoms with E-state index < -0.39 is 0 Å². The summed E-state index contributed by atoms with van der Waals surface area (Å²) >= 11 is 0. The van der Waals surface area contributed by atoms with Crippen molar-refractivity contribution < 1.29 is 4.79 Å². The van der Waals surface area contributed by atoms with E-state index in [1.54, 1.807) is 6.08 Å². The molecule has 0 spiro atoms. The molecule has 3 heteroatoms. The number of isocyanates is 1. The Balaban J connectivity index is 2.07. The first kappa shape index (κ1) is 15.0. The predicted octanol–water partition coefficient (Wildman–Crippen LogP) is 4.09. The average Bonchev–Trinajstić information content (AvgIpc) is 2.52. The Morgan fingerprint density at radius 2 is 1.43 bits per heavy atom. The molecule has 3 nitrogen and oxygen atoms in total. The van der Waals surface area contributed by atoms with Gasteiger partial charge in [0.25, 0.3) is 0 Å². The van der Waals surface area contributed by atoms with Crippen LogP contribution in [0.3, 0.4) is 0 Å². The second-order valence-corrected chi connectivity index (χ2v) is 4.89. The summed E-state index contributed by atoms with van der Waals surface area (Å²) in [6, 6.07) is 16.4. The van der Waals surface area contributed by atoms with E-state index in [9.17, 15) is 4.79 Å². The second kappa shape index (κ2) is 7.41. The minimum Gasteiger partial charge on any atom is -0.372 e. The third kappa shape index (κ3) is 4.04. The largest absolute Gasteiger partial charge is 0.372 e. The number of nitrogens with zero attached hydrogens (tertiary/aromatic N) is 2. The molecule has 0 saturated carbocycles. The predicted molar refractivity (Wildman–Crippen MR) is 87.0 cm³/mol. The van der Waals surface area contributed by atoms with Crippen LogP contribution in [0.2, 0.25) is 0 Å². The molecule has 0 unspecified atom stereocenters. The lowest BCUT2D eigenvalue weighted by Crippen LogP contribution is -2.21. The van der Waals surface area contributed by atoms with Crippen LogP contribution in [-0.2, 0) is 11.2 Å². The van der Waals surface area contributed by atoms with Crippen LogP contribution in [0.5, 0.6) is 0 Å². The number of hydrogen-bond acceptors (Lipinski definition) is 3. The fourth-order valence-electron chi connectivity index (χ4n) is 2.39. The molecule has 0 N–H and O–H groups in total. The molecule has 0 fully saturated rings. The summed E-state index contributed by atoms with van der Waals surface area (Å²) in [4.78, 5) is 16.1. The minimum absolute atomic E-state index is 0.644. The summed E-state index contributed by atoms with van der Waals surface area (Å²) in [6.07, 6.45) is 2.43. The number of hydrogen-bond donors (Lipinski definition) is 0. The van der Waals surface area contributed by atoms with Crippen molar-refractivity contribution in [2.45, 2.75) is 20.3 Å². The van der Waals surface area contributed by atoms with Crippen LogP contribution in [0.15, 0.2) is 53.5 Å². The molecule has 2 aromatic carbocycles. The monoisotopic (exact) mass is 280 g/mol. The zero-order valence-electron chi connectivity index (χ0n) is 12.5. The molecule has 21 heavy (non-hydrogen) atoms. The molecule has 0 aromatic heterocycles. The van der Waals surface area contributed by atoms with Gasteiger partial charge < -0.3 is 4.90 Å². The third-order valence-corrected chi connectivity index (χ3v) is 3.58. The van der Waals surface area contributed by atoms with Crippen molar-refractivity contribution in [3.8, 4) is 0 Å². The van der Waals surface area contributed by atoms with Crippen LogP contribution >= 0.6 is 0 Å². The van der Waals surface area contributed by atoms with Gasteiger partial charge in [0.1, 0.15) is 0 Å². The zero-order valence-corrected chi connectivity index (χ0v) is 12.5. The minimum atomic E-state index is 0.644. The molecule has 108 valence electrons. The molecule has 0 atom stereocenters. The van der Waals surface area contributed by atoms with Crippen LogP contribution in [0.25, 0.3) is 0 Å². The van der Waals surface area contributed by atoms with Crippen molar-refractivity contribution in [3.63, 3.8) is 0 Å². The lowest BCUT2D eigenvalue weighted by Gasteiger charge is -2.21. The SMILES string of the molecule is CCN(CC)c1ccc(Cc2ccc(N=C=O)cc2)cc1. The first-order valence-electron chi connectivity index (χ1n) is 7.27. The van der Waals surface area contributed by atoms with Gasteiger partial charge in [-0.15, -0.1) is 0 Å². The molecule has 0 radical (unpaired) electrons. The molecule has 0 saturated heterocycles. The molecule has 0 aliphatic heterocycles. The van der Waals surface area contributed by atoms with Gasteiger partial charge in [-0.25, -0.2) is 4.79 Å². The second-order valence-electron chi connectivity index (χ2n) is 4.89. The van der Waals surface area contributed by atoms with Crippen LogP contribution in [0.1, 0.15) is 25.0 Å². The standard InChI is InChI=1S/C18H20N2O/c1-3-20(4-2)18-11-7-16(8-12-18)13-15-5-9-17(10-6-15)19-14-21/h5-12H,3-4,13H2,1-2H3. The van der Waals surface area contributed by atoms with Gasteiger partial charge in [-0.1, -0.05) is 24.3 Å². The maximum absolute atomic E-state index is 10.2. The Kier molecular flexibility index (Phi) is 5.30. The third-order valence-electron chi connectivity index (χ3n) is 3.58. The lowest BCUT2D eigenvalue weighted by atomic mass is 10.0.